The van der Waals surface area contributed by atoms with E-state index in [1.54, 1.807) is 36.4 Å². The van der Waals surface area contributed by atoms with E-state index < -0.39 is 11.9 Å². The predicted octanol–water partition coefficient (Wildman–Crippen LogP) is 2.10. The molecule has 0 aromatic heterocycles. The summed E-state index contributed by atoms with van der Waals surface area (Å²) in [6.07, 6.45) is -0.147. The molecule has 1 heterocycles. The molecule has 0 spiro atoms. The number of likely N-dealkylation sites (N-methyl/N-ethyl adjacent to an activating group) is 1. The minimum atomic E-state index is -0.907. The minimum absolute atomic E-state index is 0.141. The Hall–Kier alpha value is -3.26. The molecule has 1 saturated heterocycles. The van der Waals surface area contributed by atoms with Gasteiger partial charge in [-0.15, -0.1) is 0 Å². The smallest absolute Gasteiger partial charge is 0.269 e. The molecule has 0 radical (unpaired) electrons. The van der Waals surface area contributed by atoms with Crippen molar-refractivity contribution in [3.8, 4) is 0 Å². The van der Waals surface area contributed by atoms with E-state index in [-0.39, 0.29) is 23.3 Å². The Balaban J connectivity index is 1.73. The van der Waals surface area contributed by atoms with Crippen LogP contribution >= 0.6 is 12.2 Å². The second kappa shape index (κ2) is 8.18. The number of carbonyl (C=O) groups is 3. The molecule has 1 aliphatic heterocycles. The lowest BCUT2D eigenvalue weighted by molar-refractivity contribution is -0.130. The van der Waals surface area contributed by atoms with Crippen LogP contribution in [0.3, 0.4) is 0 Å². The summed E-state index contributed by atoms with van der Waals surface area (Å²) < 4.78 is 0. The van der Waals surface area contributed by atoms with Gasteiger partial charge in [0.15, 0.2) is 5.11 Å². The first-order valence-corrected chi connectivity index (χ1v) is 9.11. The van der Waals surface area contributed by atoms with Crippen molar-refractivity contribution < 1.29 is 14.4 Å². The third kappa shape index (κ3) is 4.17. The Morgan fingerprint density at radius 1 is 1.11 bits per heavy atom. The van der Waals surface area contributed by atoms with E-state index in [0.717, 1.165) is 5.56 Å². The average Bonchev–Trinajstić information content (AvgIpc) is 2.87. The number of benzene rings is 2. The number of carbonyl (C=O) groups excluding carboxylic acids is 3. The zero-order valence-corrected chi connectivity index (χ0v) is 16.3. The number of hydrogen-bond acceptors (Lipinski definition) is 4. The molecule has 2 aromatic rings. The number of hydrogen-bond donors (Lipinski definition) is 2. The van der Waals surface area contributed by atoms with Crippen molar-refractivity contribution in [3.05, 3.63) is 65.7 Å². The van der Waals surface area contributed by atoms with Gasteiger partial charge in [0.1, 0.15) is 6.04 Å². The first-order chi connectivity index (χ1) is 13.4. The van der Waals surface area contributed by atoms with Gasteiger partial charge in [-0.25, -0.2) is 5.01 Å². The number of amides is 3. The van der Waals surface area contributed by atoms with E-state index in [2.05, 4.69) is 10.7 Å². The number of thiocarbonyl (C=S) groups is 1. The van der Waals surface area contributed by atoms with Gasteiger partial charge in [0.05, 0.1) is 6.42 Å². The van der Waals surface area contributed by atoms with Crippen LogP contribution in [-0.4, -0.2) is 45.8 Å². The summed E-state index contributed by atoms with van der Waals surface area (Å²) in [5.74, 6) is -1.10. The van der Waals surface area contributed by atoms with Crippen molar-refractivity contribution in [2.75, 3.05) is 12.4 Å². The maximum absolute atomic E-state index is 12.6. The summed E-state index contributed by atoms with van der Waals surface area (Å²) >= 11 is 5.27. The van der Waals surface area contributed by atoms with Crippen LogP contribution in [0.25, 0.3) is 0 Å². The molecule has 1 aliphatic rings. The molecule has 2 N–H and O–H groups in total. The highest BCUT2D eigenvalue weighted by Gasteiger charge is 2.42. The largest absolute Gasteiger partial charge is 0.326 e. The maximum atomic E-state index is 12.6. The fraction of sp³-hybridized carbons (Fsp3) is 0.200. The standard InChI is InChI=1S/C20H20N4O3S/c1-13-7-6-10-15(11-13)21-17(25)12-16-19(27)23(2)20(28)24(16)22-18(26)14-8-4-3-5-9-14/h3-11,16H,12H2,1-2H3,(H,21,25)(H,22,26). The van der Waals surface area contributed by atoms with Crippen molar-refractivity contribution in [2.45, 2.75) is 19.4 Å². The fourth-order valence-electron chi connectivity index (χ4n) is 2.90. The number of rotatable bonds is 5. The zero-order valence-electron chi connectivity index (χ0n) is 15.5. The summed E-state index contributed by atoms with van der Waals surface area (Å²) in [7, 11) is 1.52. The lowest BCUT2D eigenvalue weighted by atomic mass is 10.1. The van der Waals surface area contributed by atoms with Crippen molar-refractivity contribution >= 4 is 40.7 Å². The van der Waals surface area contributed by atoms with Crippen LogP contribution in [0.1, 0.15) is 22.3 Å². The zero-order chi connectivity index (χ0) is 20.3. The van der Waals surface area contributed by atoms with Crippen molar-refractivity contribution in [1.82, 2.24) is 15.3 Å². The van der Waals surface area contributed by atoms with Crippen LogP contribution < -0.4 is 10.7 Å². The second-order valence-electron chi connectivity index (χ2n) is 6.49. The third-order valence-electron chi connectivity index (χ3n) is 4.36. The average molecular weight is 396 g/mol. The molecule has 3 rings (SSSR count). The van der Waals surface area contributed by atoms with Gasteiger partial charge in [-0.3, -0.25) is 24.7 Å². The maximum Gasteiger partial charge on any atom is 0.269 e. The molecule has 0 saturated carbocycles. The SMILES string of the molecule is Cc1cccc(NC(=O)CC2C(=O)N(C)C(=S)N2NC(=O)c2ccccc2)c1. The van der Waals surface area contributed by atoms with E-state index >= 15 is 0 Å². The highest BCUT2D eigenvalue weighted by molar-refractivity contribution is 7.80. The Bertz CT molecular complexity index is 932. The number of nitrogens with one attached hydrogen (secondary N) is 2. The van der Waals surface area contributed by atoms with Gasteiger partial charge in [0.25, 0.3) is 11.8 Å². The van der Waals surface area contributed by atoms with Crippen molar-refractivity contribution in [3.63, 3.8) is 0 Å². The van der Waals surface area contributed by atoms with E-state index in [1.165, 1.54) is 17.0 Å². The molecule has 28 heavy (non-hydrogen) atoms. The summed E-state index contributed by atoms with van der Waals surface area (Å²) in [6.45, 7) is 1.92. The molecule has 3 amide bonds. The molecular formula is C20H20N4O3S. The van der Waals surface area contributed by atoms with Crippen LogP contribution in [0.4, 0.5) is 5.69 Å². The first-order valence-electron chi connectivity index (χ1n) is 8.70. The highest BCUT2D eigenvalue weighted by atomic mass is 32.1. The lowest BCUT2D eigenvalue weighted by Crippen LogP contribution is -2.49. The molecule has 8 heteroatoms. The molecule has 7 nitrogen and oxygen atoms in total. The van der Waals surface area contributed by atoms with E-state index in [4.69, 9.17) is 12.2 Å². The van der Waals surface area contributed by atoms with Gasteiger partial charge >= 0.3 is 0 Å². The molecule has 1 unspecified atom stereocenters. The number of hydrazine groups is 1. The molecular weight excluding hydrogens is 376 g/mol. The van der Waals surface area contributed by atoms with Crippen LogP contribution in [0.5, 0.6) is 0 Å². The minimum Gasteiger partial charge on any atom is -0.326 e. The predicted molar refractivity (Wildman–Crippen MR) is 109 cm³/mol. The van der Waals surface area contributed by atoms with Gasteiger partial charge < -0.3 is 5.32 Å². The normalized spacial score (nSPS) is 16.3. The van der Waals surface area contributed by atoms with E-state index in [9.17, 15) is 14.4 Å². The monoisotopic (exact) mass is 396 g/mol. The van der Waals surface area contributed by atoms with Crippen LogP contribution in [-0.2, 0) is 9.59 Å². The van der Waals surface area contributed by atoms with Gasteiger partial charge in [0.2, 0.25) is 5.91 Å². The number of anilines is 1. The topological polar surface area (TPSA) is 81.8 Å². The molecule has 1 fully saturated rings. The summed E-state index contributed by atoms with van der Waals surface area (Å²) in [4.78, 5) is 38.8. The Kier molecular flexibility index (Phi) is 5.70. The Morgan fingerprint density at radius 3 is 2.50 bits per heavy atom. The lowest BCUT2D eigenvalue weighted by Gasteiger charge is -2.24. The van der Waals surface area contributed by atoms with Gasteiger partial charge in [-0.05, 0) is 49.0 Å². The van der Waals surface area contributed by atoms with E-state index in [0.29, 0.717) is 11.3 Å². The Morgan fingerprint density at radius 2 is 1.82 bits per heavy atom. The van der Waals surface area contributed by atoms with Gasteiger partial charge in [0, 0.05) is 18.3 Å². The quantitative estimate of drug-likeness (QED) is 0.757. The summed E-state index contributed by atoms with van der Waals surface area (Å²) in [5.41, 5.74) is 4.72. The number of nitrogens with zero attached hydrogens (tertiary/aromatic N) is 2. The molecule has 144 valence electrons. The van der Waals surface area contributed by atoms with Gasteiger partial charge in [-0.2, -0.15) is 0 Å². The van der Waals surface area contributed by atoms with Crippen LogP contribution in [0.2, 0.25) is 0 Å². The van der Waals surface area contributed by atoms with E-state index in [1.807, 2.05) is 25.1 Å². The third-order valence-corrected chi connectivity index (χ3v) is 4.83. The second-order valence-corrected chi connectivity index (χ2v) is 6.86. The van der Waals surface area contributed by atoms with Crippen molar-refractivity contribution in [2.24, 2.45) is 0 Å². The first kappa shape index (κ1) is 19.5. The molecule has 1 atom stereocenters. The summed E-state index contributed by atoms with van der Waals surface area (Å²) in [6, 6.07) is 15.0. The fourth-order valence-corrected chi connectivity index (χ4v) is 3.16. The van der Waals surface area contributed by atoms with Crippen molar-refractivity contribution in [1.29, 1.82) is 0 Å². The highest BCUT2D eigenvalue weighted by Crippen LogP contribution is 2.19. The summed E-state index contributed by atoms with van der Waals surface area (Å²) in [5, 5.41) is 4.20. The number of aryl methyl sites for hydroxylation is 1. The van der Waals surface area contributed by atoms with Crippen LogP contribution in [0, 0.1) is 6.92 Å². The van der Waals surface area contributed by atoms with Crippen LogP contribution in [0.15, 0.2) is 54.6 Å². The Labute approximate surface area is 168 Å². The molecule has 2 aromatic carbocycles. The molecule has 0 aliphatic carbocycles. The molecule has 0 bridgehead atoms. The van der Waals surface area contributed by atoms with Gasteiger partial charge in [-0.1, -0.05) is 30.3 Å².